The molecule has 0 radical (unpaired) electrons. The summed E-state index contributed by atoms with van der Waals surface area (Å²) in [4.78, 5) is 11.7. The van der Waals surface area contributed by atoms with Crippen molar-refractivity contribution in [2.75, 3.05) is 0 Å². The summed E-state index contributed by atoms with van der Waals surface area (Å²) in [6.45, 7) is 43.5. The van der Waals surface area contributed by atoms with Crippen molar-refractivity contribution in [2.24, 2.45) is 0 Å². The zero-order valence-electron chi connectivity index (χ0n) is 36.5. The van der Waals surface area contributed by atoms with E-state index in [9.17, 15) is 0 Å². The van der Waals surface area contributed by atoms with Gasteiger partial charge in [0.25, 0.3) is 0 Å². The third kappa shape index (κ3) is 18.4. The minimum Gasteiger partial charge on any atom is -0.466 e. The maximum Gasteiger partial charge on any atom is 0.109 e. The smallest absolute Gasteiger partial charge is 0.109 e. The van der Waals surface area contributed by atoms with Crippen molar-refractivity contribution in [1.82, 2.24) is 9.97 Å². The van der Waals surface area contributed by atoms with Gasteiger partial charge in [0.2, 0.25) is 0 Å². The Morgan fingerprint density at radius 1 is 0.538 bits per heavy atom. The number of hydrogen-bond donors (Lipinski definition) is 0. The minimum atomic E-state index is 0.147. The zero-order chi connectivity index (χ0) is 40.3. The van der Waals surface area contributed by atoms with Gasteiger partial charge in [-0.2, -0.15) is 0 Å². The normalized spacial score (nSPS) is 11.8. The predicted octanol–water partition coefficient (Wildman–Crippen LogP) is 14.0. The number of nitrogens with zero attached hydrogens (tertiary/aromatic N) is 2. The van der Waals surface area contributed by atoms with Gasteiger partial charge in [0.15, 0.2) is 0 Å². The van der Waals surface area contributed by atoms with Crippen molar-refractivity contribution in [1.29, 1.82) is 0 Å². The predicted molar refractivity (Wildman–Crippen MR) is 232 cm³/mol. The molecule has 5 aromatic rings. The first kappa shape index (κ1) is 47.3. The molecule has 0 N–H and O–H groups in total. The van der Waals surface area contributed by atoms with Crippen LogP contribution in [0.1, 0.15) is 157 Å². The van der Waals surface area contributed by atoms with Gasteiger partial charge in [-0.25, -0.2) is 0 Å². The molecule has 5 heteroatoms. The summed E-state index contributed by atoms with van der Waals surface area (Å²) in [6, 6.07) is 23.3. The maximum atomic E-state index is 5.45. The molecule has 0 unspecified atom stereocenters. The van der Waals surface area contributed by atoms with Crippen molar-refractivity contribution in [3.8, 4) is 0 Å². The molecule has 0 bridgehead atoms. The molecule has 5 heterocycles. The summed E-state index contributed by atoms with van der Waals surface area (Å²) in [5.74, 6) is 2.05. The van der Waals surface area contributed by atoms with Gasteiger partial charge in [-0.3, -0.25) is 9.97 Å². The first-order valence-electron chi connectivity index (χ1n) is 18.6. The zero-order valence-corrected chi connectivity index (χ0v) is 39.1. The Balaban J connectivity index is 0.000000325. The van der Waals surface area contributed by atoms with E-state index in [-0.39, 0.29) is 16.2 Å². The van der Waals surface area contributed by atoms with Crippen LogP contribution in [0.4, 0.5) is 0 Å². The number of thiophene rings is 1. The second-order valence-corrected chi connectivity index (χ2v) is 22.9. The molecule has 5 rings (SSSR count). The Hall–Kier alpha value is -2.72. The summed E-state index contributed by atoms with van der Waals surface area (Å²) in [5, 5.41) is 0. The second kappa shape index (κ2) is 19.6. The first-order valence-corrected chi connectivity index (χ1v) is 21.1. The van der Waals surface area contributed by atoms with Crippen molar-refractivity contribution < 1.29 is 4.42 Å². The third-order valence-corrected chi connectivity index (χ3v) is 12.2. The van der Waals surface area contributed by atoms with Crippen molar-refractivity contribution >= 4 is 25.8 Å². The quantitative estimate of drug-likeness (QED) is 0.147. The summed E-state index contributed by atoms with van der Waals surface area (Å²) in [7, 11) is 0. The van der Waals surface area contributed by atoms with Gasteiger partial charge in [0.05, 0.1) is 0 Å². The molecular weight excluding hydrogens is 720 g/mol. The maximum absolute atomic E-state index is 5.45. The first-order chi connectivity index (χ1) is 23.5. The molecule has 0 spiro atoms. The van der Waals surface area contributed by atoms with Gasteiger partial charge in [-0.15, -0.1) is 11.3 Å². The number of rotatable bonds is 0. The van der Waals surface area contributed by atoms with Crippen LogP contribution in [0.15, 0.2) is 77.3 Å². The fourth-order valence-electron chi connectivity index (χ4n) is 4.39. The summed E-state index contributed by atoms with van der Waals surface area (Å²) >= 11 is 2.55. The van der Waals surface area contributed by atoms with Crippen LogP contribution in [0, 0.1) is 34.6 Å². The SMILES string of the molecule is Cc1ccc(C(C)(C)C)[se]1.Cc1ccc(C(C)(C)C)nc1.Cc1ccc(C(C)(C)C)o1.Cc1ccc(C(C)(C)C)s1.Cc1cccc(C(C)(C)C)n1. The van der Waals surface area contributed by atoms with Crippen molar-refractivity contribution in [3.05, 3.63) is 126 Å². The Bertz CT molecular complexity index is 1620. The van der Waals surface area contributed by atoms with E-state index in [2.05, 4.69) is 183 Å². The van der Waals surface area contributed by atoms with Gasteiger partial charge >= 0.3 is 68.6 Å². The summed E-state index contributed by atoms with van der Waals surface area (Å²) in [6.07, 6.45) is 1.92. The van der Waals surface area contributed by atoms with E-state index in [0.29, 0.717) is 25.3 Å². The molecular formula is C47H72N2OSSe. The van der Waals surface area contributed by atoms with Gasteiger partial charge in [0.1, 0.15) is 11.5 Å². The van der Waals surface area contributed by atoms with Crippen molar-refractivity contribution in [2.45, 2.75) is 166 Å². The van der Waals surface area contributed by atoms with Gasteiger partial charge < -0.3 is 4.42 Å². The average molecular weight is 792 g/mol. The van der Waals surface area contributed by atoms with E-state index < -0.39 is 0 Å². The molecule has 0 aromatic carbocycles. The molecule has 5 aromatic heterocycles. The molecule has 0 saturated carbocycles. The van der Waals surface area contributed by atoms with Crippen LogP contribution >= 0.6 is 11.3 Å². The van der Waals surface area contributed by atoms with Crippen LogP contribution in [-0.4, -0.2) is 24.5 Å². The van der Waals surface area contributed by atoms with Crippen molar-refractivity contribution in [3.63, 3.8) is 0 Å². The summed E-state index contributed by atoms with van der Waals surface area (Å²) in [5.41, 5.74) is 5.86. The molecule has 0 aliphatic carbocycles. The van der Waals surface area contributed by atoms with Gasteiger partial charge in [-0.05, 0) is 81.1 Å². The van der Waals surface area contributed by atoms with E-state index >= 15 is 0 Å². The Morgan fingerprint density at radius 2 is 1.13 bits per heavy atom. The number of aromatic nitrogens is 2. The molecule has 0 aliphatic heterocycles. The number of aryl methyl sites for hydroxylation is 5. The van der Waals surface area contributed by atoms with E-state index in [0.717, 1.165) is 28.6 Å². The van der Waals surface area contributed by atoms with Gasteiger partial charge in [0, 0.05) is 49.3 Å². The van der Waals surface area contributed by atoms with E-state index in [1.165, 1.54) is 15.3 Å². The fraction of sp³-hybridized carbons (Fsp3) is 0.532. The average Bonchev–Trinajstić information content (AvgIpc) is 3.75. The topological polar surface area (TPSA) is 38.9 Å². The largest absolute Gasteiger partial charge is 0.466 e. The minimum absolute atomic E-state index is 0.147. The van der Waals surface area contributed by atoms with E-state index in [1.54, 1.807) is 8.87 Å². The Labute approximate surface area is 329 Å². The molecule has 3 nitrogen and oxygen atoms in total. The third-order valence-electron chi connectivity index (χ3n) is 7.78. The standard InChI is InChI=1S/2C10H15N.C9H14O.C9H14S.C9H14Se/c1-8-5-6-9(11-7-8)10(2,3)4;1-8-6-5-7-9(11-8)10(2,3)4;3*1-7-5-6-8(10-7)9(2,3)4/h2*5-7H,1-4H3;3*5-6H,1-4H3. The fourth-order valence-corrected chi connectivity index (χ4v) is 7.25. The van der Waals surface area contributed by atoms with E-state index in [1.807, 2.05) is 49.6 Å². The van der Waals surface area contributed by atoms with E-state index in [4.69, 9.17) is 4.42 Å². The molecule has 0 amide bonds. The van der Waals surface area contributed by atoms with Crippen LogP contribution in [0.5, 0.6) is 0 Å². The number of hydrogen-bond acceptors (Lipinski definition) is 4. The number of furan rings is 1. The monoisotopic (exact) mass is 792 g/mol. The van der Waals surface area contributed by atoms with Crippen LogP contribution in [0.2, 0.25) is 0 Å². The second-order valence-electron chi connectivity index (χ2n) is 18.9. The van der Waals surface area contributed by atoms with Crippen LogP contribution in [0.3, 0.4) is 0 Å². The molecule has 288 valence electrons. The molecule has 0 aliphatic rings. The summed E-state index contributed by atoms with van der Waals surface area (Å²) < 4.78 is 8.62. The van der Waals surface area contributed by atoms with Crippen LogP contribution < -0.4 is 0 Å². The van der Waals surface area contributed by atoms with Crippen LogP contribution in [0.25, 0.3) is 0 Å². The molecule has 0 fully saturated rings. The van der Waals surface area contributed by atoms with Gasteiger partial charge in [-0.1, -0.05) is 95.2 Å². The molecule has 0 atom stereocenters. The molecule has 52 heavy (non-hydrogen) atoms. The Kier molecular flexibility index (Phi) is 17.8. The Morgan fingerprint density at radius 3 is 1.40 bits per heavy atom. The number of pyridine rings is 2. The van der Waals surface area contributed by atoms with Crippen LogP contribution in [-0.2, 0) is 27.1 Å². The molecule has 0 saturated heterocycles.